The van der Waals surface area contributed by atoms with Crippen molar-refractivity contribution in [3.05, 3.63) is 23.9 Å². The summed E-state index contributed by atoms with van der Waals surface area (Å²) in [6, 6.07) is 4.76. The minimum absolute atomic E-state index is 0.101. The molecule has 1 aromatic rings. The number of ether oxygens (including phenoxy) is 1. The summed E-state index contributed by atoms with van der Waals surface area (Å²) < 4.78 is 41.1. The van der Waals surface area contributed by atoms with Crippen LogP contribution in [0.4, 0.5) is 18.0 Å². The molecular formula is C16H20F3N3O2. The molecule has 1 saturated heterocycles. The maximum absolute atomic E-state index is 12.3. The molecule has 2 atom stereocenters. The highest BCUT2D eigenvalue weighted by atomic mass is 19.4. The highest BCUT2D eigenvalue weighted by molar-refractivity contribution is 5.75. The molecule has 132 valence electrons. The normalized spacial score (nSPS) is 23.2. The first-order valence-electron chi connectivity index (χ1n) is 8.12. The van der Waals surface area contributed by atoms with Crippen LogP contribution < -0.4 is 10.1 Å². The van der Waals surface area contributed by atoms with Crippen LogP contribution in [0, 0.1) is 5.92 Å². The number of fused-ring (bicyclic) bond motifs is 1. The van der Waals surface area contributed by atoms with Crippen molar-refractivity contribution >= 4 is 6.03 Å². The Kier molecular flexibility index (Phi) is 4.82. The van der Waals surface area contributed by atoms with Crippen molar-refractivity contribution in [2.45, 2.75) is 44.4 Å². The van der Waals surface area contributed by atoms with E-state index in [0.29, 0.717) is 17.7 Å². The number of rotatable bonds is 4. The van der Waals surface area contributed by atoms with Crippen molar-refractivity contribution in [3.8, 4) is 5.88 Å². The maximum Gasteiger partial charge on any atom is 0.422 e. The van der Waals surface area contributed by atoms with Crippen molar-refractivity contribution in [2.24, 2.45) is 5.92 Å². The van der Waals surface area contributed by atoms with Gasteiger partial charge in [0.1, 0.15) is 0 Å². The zero-order valence-corrected chi connectivity index (χ0v) is 13.2. The monoisotopic (exact) mass is 343 g/mol. The highest BCUT2D eigenvalue weighted by Gasteiger charge is 2.39. The third-order valence-electron chi connectivity index (χ3n) is 4.61. The molecule has 1 aromatic heterocycles. The summed E-state index contributed by atoms with van der Waals surface area (Å²) in [6.07, 6.45) is 0.0571. The summed E-state index contributed by atoms with van der Waals surface area (Å²) in [6.45, 7) is -0.452. The molecule has 5 nitrogen and oxygen atoms in total. The molecular weight excluding hydrogens is 323 g/mol. The van der Waals surface area contributed by atoms with E-state index >= 15 is 0 Å². The van der Waals surface area contributed by atoms with Gasteiger partial charge in [-0.1, -0.05) is 12.5 Å². The number of likely N-dealkylation sites (tertiary alicyclic amines) is 1. The predicted octanol–water partition coefficient (Wildman–Crippen LogP) is 3.11. The van der Waals surface area contributed by atoms with Gasteiger partial charge in [0.25, 0.3) is 0 Å². The van der Waals surface area contributed by atoms with Crippen LogP contribution in [-0.4, -0.2) is 41.3 Å². The number of hydrogen-bond acceptors (Lipinski definition) is 3. The van der Waals surface area contributed by atoms with Crippen LogP contribution in [0.25, 0.3) is 0 Å². The zero-order valence-electron chi connectivity index (χ0n) is 13.2. The fourth-order valence-electron chi connectivity index (χ4n) is 3.55. The standard InChI is InChI=1S/C16H20F3N3O2/c17-16(18,19)10-24-14-6-2-4-12(21-14)9-20-15(23)22-8-7-11-3-1-5-13(11)22/h2,4,6,11,13H,1,3,5,7-10H2,(H,20,23)/t11-,13-/m0/s1. The van der Waals surface area contributed by atoms with Crippen molar-refractivity contribution in [3.63, 3.8) is 0 Å². The summed E-state index contributed by atoms with van der Waals surface area (Å²) in [5, 5.41) is 2.80. The number of urea groups is 1. The average molecular weight is 343 g/mol. The Labute approximate surface area is 138 Å². The Balaban J connectivity index is 1.52. The van der Waals surface area contributed by atoms with E-state index in [1.54, 1.807) is 12.1 Å². The maximum atomic E-state index is 12.3. The highest BCUT2D eigenvalue weighted by Crippen LogP contribution is 2.37. The Bertz CT molecular complexity index is 594. The topological polar surface area (TPSA) is 54.5 Å². The van der Waals surface area contributed by atoms with Gasteiger partial charge in [-0.05, 0) is 31.2 Å². The fourth-order valence-corrected chi connectivity index (χ4v) is 3.55. The number of amides is 2. The second-order valence-corrected chi connectivity index (χ2v) is 6.27. The van der Waals surface area contributed by atoms with E-state index in [4.69, 9.17) is 0 Å². The lowest BCUT2D eigenvalue weighted by Gasteiger charge is -2.24. The van der Waals surface area contributed by atoms with Crippen LogP contribution >= 0.6 is 0 Å². The van der Waals surface area contributed by atoms with Gasteiger partial charge in [-0.3, -0.25) is 0 Å². The van der Waals surface area contributed by atoms with Crippen molar-refractivity contribution in [2.75, 3.05) is 13.2 Å². The molecule has 2 aliphatic rings. The molecule has 0 bridgehead atoms. The van der Waals surface area contributed by atoms with Crippen molar-refractivity contribution in [1.29, 1.82) is 0 Å². The number of alkyl halides is 3. The van der Waals surface area contributed by atoms with Gasteiger partial charge < -0.3 is 15.0 Å². The smallest absolute Gasteiger partial charge is 0.422 e. The molecule has 0 unspecified atom stereocenters. The van der Waals surface area contributed by atoms with Gasteiger partial charge in [0.15, 0.2) is 6.61 Å². The molecule has 3 rings (SSSR count). The number of pyridine rings is 1. The lowest BCUT2D eigenvalue weighted by Crippen LogP contribution is -2.42. The Morgan fingerprint density at radius 1 is 1.33 bits per heavy atom. The average Bonchev–Trinajstić information content (AvgIpc) is 3.13. The van der Waals surface area contributed by atoms with Crippen LogP contribution in [0.3, 0.4) is 0 Å². The molecule has 0 radical (unpaired) electrons. The van der Waals surface area contributed by atoms with Gasteiger partial charge in [-0.15, -0.1) is 0 Å². The number of aromatic nitrogens is 1. The van der Waals surface area contributed by atoms with Gasteiger partial charge in [0.2, 0.25) is 5.88 Å². The zero-order chi connectivity index (χ0) is 17.2. The first-order chi connectivity index (χ1) is 11.4. The van der Waals surface area contributed by atoms with E-state index in [0.717, 1.165) is 19.4 Å². The molecule has 1 saturated carbocycles. The number of carbonyl (C=O) groups excluding carboxylic acids is 1. The molecule has 24 heavy (non-hydrogen) atoms. The summed E-state index contributed by atoms with van der Waals surface area (Å²) in [5.74, 6) is 0.518. The van der Waals surface area contributed by atoms with Gasteiger partial charge >= 0.3 is 12.2 Å². The van der Waals surface area contributed by atoms with Gasteiger partial charge in [0.05, 0.1) is 12.2 Å². The molecule has 1 aliphatic carbocycles. The number of hydrogen-bond donors (Lipinski definition) is 1. The van der Waals surface area contributed by atoms with Crippen LogP contribution in [0.15, 0.2) is 18.2 Å². The third kappa shape index (κ3) is 4.10. The SMILES string of the molecule is O=C(NCc1cccc(OCC(F)(F)F)n1)N1CC[C@@H]2CCC[C@@H]21. The predicted molar refractivity (Wildman–Crippen MR) is 80.5 cm³/mol. The van der Waals surface area contributed by atoms with Crippen LogP contribution in [0.5, 0.6) is 5.88 Å². The quantitative estimate of drug-likeness (QED) is 0.914. The summed E-state index contributed by atoms with van der Waals surface area (Å²) in [7, 11) is 0. The van der Waals surface area contributed by atoms with Gasteiger partial charge in [0, 0.05) is 18.7 Å². The van der Waals surface area contributed by atoms with E-state index in [2.05, 4.69) is 15.0 Å². The van der Waals surface area contributed by atoms with Crippen LogP contribution in [0.1, 0.15) is 31.4 Å². The number of halogens is 3. The van der Waals surface area contributed by atoms with E-state index < -0.39 is 12.8 Å². The largest absolute Gasteiger partial charge is 0.468 e. The lowest BCUT2D eigenvalue weighted by atomic mass is 10.1. The second-order valence-electron chi connectivity index (χ2n) is 6.27. The molecule has 1 N–H and O–H groups in total. The van der Waals surface area contributed by atoms with E-state index in [1.165, 1.54) is 18.9 Å². The van der Waals surface area contributed by atoms with Gasteiger partial charge in [-0.2, -0.15) is 13.2 Å². The van der Waals surface area contributed by atoms with E-state index in [9.17, 15) is 18.0 Å². The number of carbonyl (C=O) groups is 1. The third-order valence-corrected chi connectivity index (χ3v) is 4.61. The lowest BCUT2D eigenvalue weighted by molar-refractivity contribution is -0.154. The van der Waals surface area contributed by atoms with Crippen molar-refractivity contribution < 1.29 is 22.7 Å². The molecule has 1 aliphatic heterocycles. The minimum atomic E-state index is -4.40. The minimum Gasteiger partial charge on any atom is -0.468 e. The van der Waals surface area contributed by atoms with Crippen LogP contribution in [-0.2, 0) is 6.54 Å². The number of nitrogens with one attached hydrogen (secondary N) is 1. The molecule has 0 aromatic carbocycles. The molecule has 8 heteroatoms. The fraction of sp³-hybridized carbons (Fsp3) is 0.625. The first kappa shape index (κ1) is 16.9. The van der Waals surface area contributed by atoms with E-state index in [-0.39, 0.29) is 18.5 Å². The van der Waals surface area contributed by atoms with E-state index in [1.807, 2.05) is 4.90 Å². The number of nitrogens with zero attached hydrogens (tertiary/aromatic N) is 2. The Morgan fingerprint density at radius 2 is 2.17 bits per heavy atom. The Morgan fingerprint density at radius 3 is 2.96 bits per heavy atom. The molecule has 2 amide bonds. The molecule has 2 heterocycles. The summed E-state index contributed by atoms with van der Waals surface area (Å²) in [4.78, 5) is 18.2. The van der Waals surface area contributed by atoms with Crippen LogP contribution in [0.2, 0.25) is 0 Å². The molecule has 2 fully saturated rings. The second kappa shape index (κ2) is 6.86. The van der Waals surface area contributed by atoms with Crippen molar-refractivity contribution in [1.82, 2.24) is 15.2 Å². The Hall–Kier alpha value is -1.99. The molecule has 0 spiro atoms. The summed E-state index contributed by atoms with van der Waals surface area (Å²) >= 11 is 0. The van der Waals surface area contributed by atoms with Gasteiger partial charge in [-0.25, -0.2) is 9.78 Å². The summed E-state index contributed by atoms with van der Waals surface area (Å²) in [5.41, 5.74) is 0.463. The first-order valence-corrected chi connectivity index (χ1v) is 8.12.